The van der Waals surface area contributed by atoms with Crippen LogP contribution in [0.4, 0.5) is 0 Å². The molecule has 0 unspecified atom stereocenters. The van der Waals surface area contributed by atoms with Crippen LogP contribution in [0.3, 0.4) is 0 Å². The molecule has 1 aromatic rings. The van der Waals surface area contributed by atoms with Crippen LogP contribution in [0, 0.1) is 0 Å². The van der Waals surface area contributed by atoms with Crippen molar-refractivity contribution in [2.24, 2.45) is 5.73 Å². The molecule has 9 heteroatoms. The number of H-pyrrole nitrogens is 1. The maximum absolute atomic E-state index is 11.6. The van der Waals surface area contributed by atoms with Crippen molar-refractivity contribution in [3.63, 3.8) is 0 Å². The van der Waals surface area contributed by atoms with Gasteiger partial charge >= 0.3 is 5.97 Å². The lowest BCUT2D eigenvalue weighted by Gasteiger charge is -2.15. The van der Waals surface area contributed by atoms with Crippen molar-refractivity contribution >= 4 is 43.7 Å². The summed E-state index contributed by atoms with van der Waals surface area (Å²) in [6, 6.07) is -0.785. The summed E-state index contributed by atoms with van der Waals surface area (Å²) in [5.41, 5.74) is 5.96. The largest absolute Gasteiger partial charge is 0.467 e. The van der Waals surface area contributed by atoms with Crippen LogP contribution in [-0.4, -0.2) is 41.5 Å². The number of hydrogen-bond donors (Lipinski definition) is 3. The quantitative estimate of drug-likeness (QED) is 0.605. The molecule has 0 bridgehead atoms. The number of nitrogens with zero attached hydrogens (tertiary/aromatic N) is 1. The fourth-order valence-corrected chi connectivity index (χ4v) is 2.52. The Morgan fingerprint density at radius 1 is 1.53 bits per heavy atom. The second kappa shape index (κ2) is 7.61. The summed E-state index contributed by atoms with van der Waals surface area (Å²) in [6.45, 7) is 0.221. The van der Waals surface area contributed by atoms with Gasteiger partial charge in [-0.15, -0.1) is 0 Å². The van der Waals surface area contributed by atoms with Crippen LogP contribution in [-0.2, 0) is 20.7 Å². The number of carbonyl (C=O) groups excluding carboxylic acids is 2. The summed E-state index contributed by atoms with van der Waals surface area (Å²) in [4.78, 5) is 30.1. The van der Waals surface area contributed by atoms with E-state index in [2.05, 4.69) is 51.9 Å². The van der Waals surface area contributed by atoms with Crippen molar-refractivity contribution in [3.05, 3.63) is 15.0 Å². The Labute approximate surface area is 126 Å². The summed E-state index contributed by atoms with van der Waals surface area (Å²) in [7, 11) is 1.27. The number of imidazole rings is 1. The molecule has 0 spiro atoms. The van der Waals surface area contributed by atoms with E-state index in [-0.39, 0.29) is 25.3 Å². The second-order valence-corrected chi connectivity index (χ2v) is 5.19. The number of halogens is 2. The number of carbonyl (C=O) groups is 2. The lowest BCUT2D eigenvalue weighted by Crippen LogP contribution is -2.43. The van der Waals surface area contributed by atoms with Crippen molar-refractivity contribution in [1.29, 1.82) is 0 Å². The number of hydrogen-bond acceptors (Lipinski definition) is 5. The van der Waals surface area contributed by atoms with Gasteiger partial charge < -0.3 is 20.8 Å². The van der Waals surface area contributed by atoms with Gasteiger partial charge in [0.1, 0.15) is 10.6 Å². The van der Waals surface area contributed by atoms with Crippen molar-refractivity contribution < 1.29 is 14.3 Å². The van der Waals surface area contributed by atoms with E-state index < -0.39 is 12.0 Å². The number of nitrogens with one attached hydrogen (secondary N) is 2. The molecule has 0 aliphatic heterocycles. The smallest absolute Gasteiger partial charge is 0.328 e. The number of ether oxygens (including phenoxy) is 1. The van der Waals surface area contributed by atoms with Crippen LogP contribution in [0.5, 0.6) is 0 Å². The maximum Gasteiger partial charge on any atom is 0.328 e. The Hall–Kier alpha value is -0.930. The van der Waals surface area contributed by atoms with Gasteiger partial charge in [-0.3, -0.25) is 4.79 Å². The Balaban J connectivity index is 2.77. The molecule has 1 rings (SSSR count). The number of esters is 1. The minimum atomic E-state index is -0.785. The van der Waals surface area contributed by atoms with Gasteiger partial charge in [-0.2, -0.15) is 0 Å². The van der Waals surface area contributed by atoms with Crippen LogP contribution in [0.2, 0.25) is 0 Å². The zero-order valence-electron chi connectivity index (χ0n) is 10.2. The Bertz CT molecular complexity index is 464. The first-order valence-corrected chi connectivity index (χ1v) is 7.03. The zero-order chi connectivity index (χ0) is 14.4. The maximum atomic E-state index is 11.6. The molecule has 19 heavy (non-hydrogen) atoms. The minimum Gasteiger partial charge on any atom is -0.467 e. The minimum absolute atomic E-state index is 0.154. The molecule has 1 heterocycles. The van der Waals surface area contributed by atoms with Crippen LogP contribution in [0.1, 0.15) is 12.1 Å². The monoisotopic (exact) mass is 396 g/mol. The predicted molar refractivity (Wildman–Crippen MR) is 75.3 cm³/mol. The summed E-state index contributed by atoms with van der Waals surface area (Å²) < 4.78 is 5.77. The molecule has 1 amide bonds. The Morgan fingerprint density at radius 2 is 2.21 bits per heavy atom. The molecule has 0 saturated carbocycles. The van der Waals surface area contributed by atoms with Gasteiger partial charge in [0.25, 0.3) is 0 Å². The van der Waals surface area contributed by atoms with Gasteiger partial charge in [0.2, 0.25) is 5.91 Å². The first-order valence-electron chi connectivity index (χ1n) is 5.45. The van der Waals surface area contributed by atoms with Gasteiger partial charge in [0.15, 0.2) is 4.73 Å². The van der Waals surface area contributed by atoms with Gasteiger partial charge in [0.05, 0.1) is 12.8 Å². The molecule has 0 aliphatic carbocycles. The van der Waals surface area contributed by atoms with E-state index in [0.29, 0.717) is 15.0 Å². The third-order valence-corrected chi connectivity index (χ3v) is 3.33. The van der Waals surface area contributed by atoms with E-state index in [1.165, 1.54) is 7.11 Å². The van der Waals surface area contributed by atoms with E-state index in [9.17, 15) is 9.59 Å². The second-order valence-electron chi connectivity index (χ2n) is 3.68. The number of amides is 1. The third-order valence-electron chi connectivity index (χ3n) is 2.30. The SMILES string of the molecule is COC(=O)[C@H](Cc1[nH]c(Br)nc1Br)NC(=O)CCN. The molecule has 4 N–H and O–H groups in total. The number of aromatic nitrogens is 2. The standard InChI is InChI=1S/C10H14Br2N4O3/c1-19-9(18)6(14-7(17)2-3-13)4-5-8(11)16-10(12)15-5/h6H,2-4,13H2,1H3,(H,14,17)(H,15,16)/t6-/m0/s1. The molecule has 0 aromatic carbocycles. The summed E-state index contributed by atoms with van der Waals surface area (Å²) >= 11 is 6.44. The lowest BCUT2D eigenvalue weighted by molar-refractivity contribution is -0.145. The summed E-state index contributed by atoms with van der Waals surface area (Å²) in [5.74, 6) is -0.824. The fraction of sp³-hybridized carbons (Fsp3) is 0.500. The molecule has 0 fully saturated rings. The lowest BCUT2D eigenvalue weighted by atomic mass is 10.1. The average molecular weight is 398 g/mol. The van der Waals surface area contributed by atoms with E-state index in [1.54, 1.807) is 0 Å². The van der Waals surface area contributed by atoms with Crippen molar-refractivity contribution in [2.45, 2.75) is 18.9 Å². The normalized spacial score (nSPS) is 12.0. The summed E-state index contributed by atoms with van der Waals surface area (Å²) in [5, 5.41) is 2.58. The number of aromatic amines is 1. The highest BCUT2D eigenvalue weighted by Gasteiger charge is 2.23. The van der Waals surface area contributed by atoms with E-state index in [1.807, 2.05) is 0 Å². The highest BCUT2D eigenvalue weighted by atomic mass is 79.9. The molecule has 0 aliphatic rings. The Morgan fingerprint density at radius 3 is 2.68 bits per heavy atom. The molecule has 0 radical (unpaired) electrons. The van der Waals surface area contributed by atoms with Gasteiger partial charge in [-0.25, -0.2) is 9.78 Å². The number of rotatable bonds is 6. The molecule has 0 saturated heterocycles. The van der Waals surface area contributed by atoms with Crippen molar-refractivity contribution in [3.8, 4) is 0 Å². The first kappa shape index (κ1) is 16.1. The van der Waals surface area contributed by atoms with Crippen LogP contribution in [0.15, 0.2) is 9.34 Å². The zero-order valence-corrected chi connectivity index (χ0v) is 13.4. The molecule has 1 aromatic heterocycles. The van der Waals surface area contributed by atoms with Crippen LogP contribution < -0.4 is 11.1 Å². The molecular weight excluding hydrogens is 384 g/mol. The number of methoxy groups -OCH3 is 1. The van der Waals surface area contributed by atoms with Crippen molar-refractivity contribution in [1.82, 2.24) is 15.3 Å². The van der Waals surface area contributed by atoms with Gasteiger partial charge in [-0.1, -0.05) is 0 Å². The highest BCUT2D eigenvalue weighted by Crippen LogP contribution is 2.18. The molecule has 106 valence electrons. The topological polar surface area (TPSA) is 110 Å². The molecule has 1 atom stereocenters. The fourth-order valence-electron chi connectivity index (χ4n) is 1.43. The Kier molecular flexibility index (Phi) is 6.46. The van der Waals surface area contributed by atoms with Crippen molar-refractivity contribution in [2.75, 3.05) is 13.7 Å². The predicted octanol–water partition coefficient (Wildman–Crippen LogP) is 0.484. The third kappa shape index (κ3) is 4.92. The van der Waals surface area contributed by atoms with E-state index in [4.69, 9.17) is 5.73 Å². The highest BCUT2D eigenvalue weighted by molar-refractivity contribution is 9.11. The van der Waals surface area contributed by atoms with E-state index in [0.717, 1.165) is 0 Å². The number of nitrogens with two attached hydrogens (primary N) is 1. The van der Waals surface area contributed by atoms with Crippen LogP contribution >= 0.6 is 31.9 Å². The average Bonchev–Trinajstić information content (AvgIpc) is 2.66. The first-order chi connectivity index (χ1) is 8.97. The summed E-state index contributed by atoms with van der Waals surface area (Å²) in [6.07, 6.45) is 0.392. The van der Waals surface area contributed by atoms with Gasteiger partial charge in [-0.05, 0) is 31.9 Å². The molecule has 7 nitrogen and oxygen atoms in total. The van der Waals surface area contributed by atoms with Crippen LogP contribution in [0.25, 0.3) is 0 Å². The van der Waals surface area contributed by atoms with Gasteiger partial charge in [0, 0.05) is 19.4 Å². The molecular formula is C10H14Br2N4O3. The van der Waals surface area contributed by atoms with E-state index >= 15 is 0 Å².